The number of esters is 1. The van der Waals surface area contributed by atoms with E-state index in [9.17, 15) is 22.8 Å². The molecule has 26 heavy (non-hydrogen) atoms. The summed E-state index contributed by atoms with van der Waals surface area (Å²) in [5.74, 6) is -1.53. The van der Waals surface area contributed by atoms with Crippen LogP contribution in [-0.2, 0) is 20.9 Å². The number of halogens is 3. The standard InChI is InChI=1S/C18H20F3NO4/c1-12-9-17(15(23)25-3,18(19,20)21)22(10-13(12)2)16(24)26-11-14-7-5-4-6-8-14/h4-8H,9-11H2,1-3H3. The van der Waals surface area contributed by atoms with Gasteiger partial charge in [-0.15, -0.1) is 0 Å². The first kappa shape index (κ1) is 19.8. The maximum Gasteiger partial charge on any atom is 0.423 e. The molecule has 0 aliphatic carbocycles. The van der Waals surface area contributed by atoms with Crippen molar-refractivity contribution in [3.63, 3.8) is 0 Å². The number of carbonyl (C=O) groups excluding carboxylic acids is 2. The van der Waals surface area contributed by atoms with Crippen molar-refractivity contribution in [2.75, 3.05) is 13.7 Å². The fourth-order valence-electron chi connectivity index (χ4n) is 2.87. The molecule has 0 saturated carbocycles. The SMILES string of the molecule is COC(=O)C1(C(F)(F)F)CC(C)=C(C)CN1C(=O)OCc1ccccc1. The van der Waals surface area contributed by atoms with Crippen LogP contribution in [0.1, 0.15) is 25.8 Å². The van der Waals surface area contributed by atoms with Gasteiger partial charge in [0.2, 0.25) is 5.54 Å². The van der Waals surface area contributed by atoms with E-state index < -0.39 is 30.2 Å². The summed E-state index contributed by atoms with van der Waals surface area (Å²) in [6, 6.07) is 8.55. The zero-order valence-corrected chi connectivity index (χ0v) is 14.7. The molecule has 8 heteroatoms. The summed E-state index contributed by atoms with van der Waals surface area (Å²) in [6.07, 6.45) is -6.92. The summed E-state index contributed by atoms with van der Waals surface area (Å²) in [6.45, 7) is 2.55. The fraction of sp³-hybridized carbons (Fsp3) is 0.444. The van der Waals surface area contributed by atoms with Gasteiger partial charge in [-0.25, -0.2) is 9.59 Å². The summed E-state index contributed by atoms with van der Waals surface area (Å²) in [4.78, 5) is 25.1. The molecule has 2 rings (SSSR count). The lowest BCUT2D eigenvalue weighted by Gasteiger charge is -2.45. The molecule has 5 nitrogen and oxygen atoms in total. The van der Waals surface area contributed by atoms with Crippen molar-refractivity contribution < 1.29 is 32.2 Å². The fourth-order valence-corrected chi connectivity index (χ4v) is 2.87. The molecular formula is C18H20F3NO4. The van der Waals surface area contributed by atoms with Crippen LogP contribution in [0.5, 0.6) is 0 Å². The van der Waals surface area contributed by atoms with Gasteiger partial charge in [0.15, 0.2) is 0 Å². The maximum absolute atomic E-state index is 13.9. The number of amides is 1. The monoisotopic (exact) mass is 371 g/mol. The van der Waals surface area contributed by atoms with E-state index in [0.29, 0.717) is 21.6 Å². The van der Waals surface area contributed by atoms with Crippen LogP contribution in [0.4, 0.5) is 18.0 Å². The number of nitrogens with zero attached hydrogens (tertiary/aromatic N) is 1. The number of hydrogen-bond acceptors (Lipinski definition) is 4. The van der Waals surface area contributed by atoms with Crippen LogP contribution in [-0.4, -0.2) is 42.3 Å². The highest BCUT2D eigenvalue weighted by atomic mass is 19.4. The van der Waals surface area contributed by atoms with E-state index in [4.69, 9.17) is 4.74 Å². The molecule has 0 fully saturated rings. The molecule has 1 heterocycles. The molecule has 0 N–H and O–H groups in total. The predicted octanol–water partition coefficient (Wildman–Crippen LogP) is 3.84. The highest BCUT2D eigenvalue weighted by Crippen LogP contribution is 2.45. The Bertz CT molecular complexity index is 715. The average molecular weight is 371 g/mol. The Kier molecular flexibility index (Phi) is 5.63. The van der Waals surface area contributed by atoms with Gasteiger partial charge in [0.25, 0.3) is 0 Å². The molecule has 1 atom stereocenters. The molecule has 0 saturated heterocycles. The summed E-state index contributed by atoms with van der Waals surface area (Å²) < 4.78 is 51.3. The van der Waals surface area contributed by atoms with Crippen LogP contribution in [0.15, 0.2) is 41.5 Å². The number of rotatable bonds is 3. The van der Waals surface area contributed by atoms with Crippen molar-refractivity contribution in [3.05, 3.63) is 47.0 Å². The summed E-state index contributed by atoms with van der Waals surface area (Å²) >= 11 is 0. The van der Waals surface area contributed by atoms with Crippen LogP contribution >= 0.6 is 0 Å². The minimum atomic E-state index is -5.02. The van der Waals surface area contributed by atoms with Gasteiger partial charge >= 0.3 is 18.2 Å². The van der Waals surface area contributed by atoms with Crippen LogP contribution in [0.2, 0.25) is 0 Å². The number of carbonyl (C=O) groups is 2. The second-order valence-electron chi connectivity index (χ2n) is 6.21. The van der Waals surface area contributed by atoms with E-state index in [0.717, 1.165) is 7.11 Å². The van der Waals surface area contributed by atoms with E-state index in [2.05, 4.69) is 4.74 Å². The van der Waals surface area contributed by atoms with Crippen molar-refractivity contribution in [1.82, 2.24) is 4.90 Å². The van der Waals surface area contributed by atoms with Crippen molar-refractivity contribution in [2.45, 2.75) is 38.6 Å². The van der Waals surface area contributed by atoms with Crippen LogP contribution in [0.25, 0.3) is 0 Å². The third kappa shape index (κ3) is 3.54. The molecule has 0 aromatic heterocycles. The Labute approximate surface area is 149 Å². The first-order valence-corrected chi connectivity index (χ1v) is 7.92. The molecule has 1 aliphatic heterocycles. The van der Waals surface area contributed by atoms with Gasteiger partial charge < -0.3 is 9.47 Å². The average Bonchev–Trinajstić information content (AvgIpc) is 2.60. The highest BCUT2D eigenvalue weighted by molar-refractivity contribution is 5.88. The number of ether oxygens (including phenoxy) is 2. The summed E-state index contributed by atoms with van der Waals surface area (Å²) in [5.41, 5.74) is -1.51. The van der Waals surface area contributed by atoms with Crippen molar-refractivity contribution in [2.24, 2.45) is 0 Å². The third-order valence-corrected chi connectivity index (χ3v) is 4.52. The first-order chi connectivity index (χ1) is 12.1. The zero-order valence-electron chi connectivity index (χ0n) is 14.7. The lowest BCUT2D eigenvalue weighted by molar-refractivity contribution is -0.235. The van der Waals surface area contributed by atoms with Crippen LogP contribution in [0, 0.1) is 0 Å². The molecular weight excluding hydrogens is 351 g/mol. The topological polar surface area (TPSA) is 55.8 Å². The van der Waals surface area contributed by atoms with Gasteiger partial charge in [0.05, 0.1) is 7.11 Å². The van der Waals surface area contributed by atoms with Crippen molar-refractivity contribution in [1.29, 1.82) is 0 Å². The molecule has 0 spiro atoms. The van der Waals surface area contributed by atoms with Crippen molar-refractivity contribution in [3.8, 4) is 0 Å². The van der Waals surface area contributed by atoms with Crippen molar-refractivity contribution >= 4 is 12.1 Å². The third-order valence-electron chi connectivity index (χ3n) is 4.52. The van der Waals surface area contributed by atoms with Gasteiger partial charge in [-0.2, -0.15) is 13.2 Å². The van der Waals surface area contributed by atoms with E-state index in [-0.39, 0.29) is 13.2 Å². The number of methoxy groups -OCH3 is 1. The van der Waals surface area contributed by atoms with Gasteiger partial charge in [0.1, 0.15) is 6.61 Å². The second-order valence-corrected chi connectivity index (χ2v) is 6.21. The van der Waals surface area contributed by atoms with Gasteiger partial charge in [0, 0.05) is 13.0 Å². The number of alkyl halides is 3. The largest absolute Gasteiger partial charge is 0.467 e. The molecule has 1 aromatic carbocycles. The molecule has 1 aromatic rings. The highest BCUT2D eigenvalue weighted by Gasteiger charge is 2.67. The van der Waals surface area contributed by atoms with E-state index >= 15 is 0 Å². The summed E-state index contributed by atoms with van der Waals surface area (Å²) in [7, 11) is 0.865. The van der Waals surface area contributed by atoms with E-state index in [1.54, 1.807) is 37.3 Å². The molecule has 1 unspecified atom stereocenters. The lowest BCUT2D eigenvalue weighted by atomic mass is 9.83. The molecule has 1 amide bonds. The molecule has 142 valence electrons. The van der Waals surface area contributed by atoms with E-state index in [1.165, 1.54) is 6.92 Å². The van der Waals surface area contributed by atoms with E-state index in [1.807, 2.05) is 0 Å². The Morgan fingerprint density at radius 3 is 2.31 bits per heavy atom. The predicted molar refractivity (Wildman–Crippen MR) is 87.1 cm³/mol. The molecule has 0 radical (unpaired) electrons. The summed E-state index contributed by atoms with van der Waals surface area (Å²) in [5, 5.41) is 0. The Hall–Kier alpha value is -2.51. The molecule has 0 bridgehead atoms. The normalized spacial score (nSPS) is 20.8. The zero-order chi connectivity index (χ0) is 19.5. The van der Waals surface area contributed by atoms with Gasteiger partial charge in [-0.3, -0.25) is 4.90 Å². The molecule has 1 aliphatic rings. The van der Waals surface area contributed by atoms with Crippen LogP contribution < -0.4 is 0 Å². The minimum Gasteiger partial charge on any atom is -0.467 e. The number of benzene rings is 1. The second kappa shape index (κ2) is 7.39. The Morgan fingerprint density at radius 2 is 1.77 bits per heavy atom. The number of hydrogen-bond donors (Lipinski definition) is 0. The Balaban J connectivity index is 2.37. The quantitative estimate of drug-likeness (QED) is 0.598. The smallest absolute Gasteiger partial charge is 0.423 e. The maximum atomic E-state index is 13.9. The van der Waals surface area contributed by atoms with Gasteiger partial charge in [-0.05, 0) is 19.4 Å². The first-order valence-electron chi connectivity index (χ1n) is 7.92. The minimum absolute atomic E-state index is 0.201. The lowest BCUT2D eigenvalue weighted by Crippen LogP contribution is -2.67. The van der Waals surface area contributed by atoms with Gasteiger partial charge in [-0.1, -0.05) is 41.5 Å². The van der Waals surface area contributed by atoms with Crippen LogP contribution in [0.3, 0.4) is 0 Å². The Morgan fingerprint density at radius 1 is 1.15 bits per heavy atom.